The number of aromatic nitrogens is 2. The summed E-state index contributed by atoms with van der Waals surface area (Å²) in [7, 11) is 3.81. The number of cyclic esters (lactones) is 1. The summed E-state index contributed by atoms with van der Waals surface area (Å²) in [5.74, 6) is -3.28. The number of nitrogens with zero attached hydrogens (tertiary/aromatic N) is 3. The Morgan fingerprint density at radius 3 is 2.15 bits per heavy atom. The lowest BCUT2D eigenvalue weighted by Crippen LogP contribution is -2.47. The summed E-state index contributed by atoms with van der Waals surface area (Å²) in [6.07, 6.45) is 16.1. The van der Waals surface area contributed by atoms with Gasteiger partial charge >= 0.3 is 17.9 Å². The smallest absolute Gasteiger partial charge is 0.355 e. The number of hydrogen-bond acceptors (Lipinski definition) is 10. The molecule has 0 aliphatic carbocycles. The van der Waals surface area contributed by atoms with Crippen molar-refractivity contribution in [2.24, 2.45) is 0 Å². The highest BCUT2D eigenvalue weighted by molar-refractivity contribution is 5.91. The van der Waals surface area contributed by atoms with Crippen molar-refractivity contribution in [1.29, 1.82) is 0 Å². The van der Waals surface area contributed by atoms with E-state index < -0.39 is 47.4 Å². The number of benzene rings is 1. The molecule has 2 aromatic heterocycles. The van der Waals surface area contributed by atoms with Crippen molar-refractivity contribution >= 4 is 34.7 Å². The molecular formula is C46H66N4O9. The molecule has 4 heterocycles. The number of pyridine rings is 2. The van der Waals surface area contributed by atoms with Crippen molar-refractivity contribution in [3.8, 4) is 17.1 Å². The average molecular weight is 819 g/mol. The highest BCUT2D eigenvalue weighted by atomic mass is 16.6. The van der Waals surface area contributed by atoms with Gasteiger partial charge in [0.2, 0.25) is 11.5 Å². The lowest BCUT2D eigenvalue weighted by atomic mass is 9.85. The van der Waals surface area contributed by atoms with E-state index in [1.54, 1.807) is 29.7 Å². The van der Waals surface area contributed by atoms with Crippen LogP contribution in [0.2, 0.25) is 0 Å². The summed E-state index contributed by atoms with van der Waals surface area (Å²) in [5.41, 5.74) is 1.19. The van der Waals surface area contributed by atoms with E-state index in [4.69, 9.17) is 14.5 Å². The van der Waals surface area contributed by atoms with Crippen LogP contribution in [0.15, 0.2) is 29.1 Å². The Morgan fingerprint density at radius 1 is 0.932 bits per heavy atom. The molecule has 1 amide bonds. The lowest BCUT2D eigenvalue weighted by molar-refractivity contribution is -0.189. The monoisotopic (exact) mass is 818 g/mol. The van der Waals surface area contributed by atoms with E-state index in [0.717, 1.165) is 30.2 Å². The van der Waals surface area contributed by atoms with E-state index in [-0.39, 0.29) is 50.3 Å². The van der Waals surface area contributed by atoms with Crippen LogP contribution in [0.1, 0.15) is 159 Å². The first-order valence-corrected chi connectivity index (χ1v) is 21.4. The average Bonchev–Trinajstić information content (AvgIpc) is 3.55. The molecule has 0 saturated carbocycles. The molecule has 3 N–H and O–H groups in total. The maximum Gasteiger partial charge on any atom is 0.355 e. The maximum absolute atomic E-state index is 14.0. The summed E-state index contributed by atoms with van der Waals surface area (Å²) in [5, 5.41) is 23.7. The molecule has 0 radical (unpaired) electrons. The van der Waals surface area contributed by atoms with Crippen molar-refractivity contribution in [2.75, 3.05) is 14.1 Å². The third-order valence-corrected chi connectivity index (χ3v) is 11.5. The van der Waals surface area contributed by atoms with Crippen LogP contribution in [0.3, 0.4) is 0 Å². The predicted octanol–water partition coefficient (Wildman–Crippen LogP) is 8.25. The second-order valence-corrected chi connectivity index (χ2v) is 16.3. The molecule has 2 atom stereocenters. The Labute approximate surface area is 348 Å². The fourth-order valence-electron chi connectivity index (χ4n) is 8.27. The van der Waals surface area contributed by atoms with Crippen molar-refractivity contribution in [1.82, 2.24) is 19.8 Å². The molecule has 0 spiro atoms. The zero-order valence-electron chi connectivity index (χ0n) is 34.8. The molecule has 0 fully saturated rings. The molecule has 59 heavy (non-hydrogen) atoms. The summed E-state index contributed by atoms with van der Waals surface area (Å²) in [6.45, 7) is 4.29. The summed E-state index contributed by atoms with van der Waals surface area (Å²) in [4.78, 5) is 72.4. The van der Waals surface area contributed by atoms with Gasteiger partial charge < -0.3 is 34.5 Å². The Morgan fingerprint density at radius 2 is 1.56 bits per heavy atom. The first-order chi connectivity index (χ1) is 27.9. The topological polar surface area (TPSA) is 177 Å². The van der Waals surface area contributed by atoms with Crippen LogP contribution in [0.4, 0.5) is 0 Å². The second kappa shape index (κ2) is 22.0. The van der Waals surface area contributed by atoms with Gasteiger partial charge in [-0.2, -0.15) is 0 Å². The van der Waals surface area contributed by atoms with Crippen LogP contribution in [0, 0.1) is 0 Å². The van der Waals surface area contributed by atoms with Gasteiger partial charge in [-0.15, -0.1) is 0 Å². The molecule has 2 aliphatic heterocycles. The van der Waals surface area contributed by atoms with Crippen LogP contribution >= 0.6 is 0 Å². The number of amides is 1. The number of carboxylic acids is 1. The Hall–Kier alpha value is -4.78. The Balaban J connectivity index is 0.00000769. The number of fused-ring (bicyclic) bond motifs is 5. The van der Waals surface area contributed by atoms with Crippen LogP contribution in [-0.2, 0) is 53.9 Å². The minimum absolute atomic E-state index is 0. The van der Waals surface area contributed by atoms with Gasteiger partial charge in [0.1, 0.15) is 18.4 Å². The maximum atomic E-state index is 14.0. The van der Waals surface area contributed by atoms with Crippen LogP contribution in [-0.4, -0.2) is 68.6 Å². The normalized spacial score (nSPS) is 15.8. The number of aliphatic carboxylic acids is 1. The minimum atomic E-state index is -1.93. The molecule has 2 aliphatic rings. The first-order valence-electron chi connectivity index (χ1n) is 21.4. The quantitative estimate of drug-likeness (QED) is 0.0458. The number of phenolic OH excluding ortho intramolecular Hbond substituents is 1. The number of hydrogen-bond donors (Lipinski definition) is 3. The van der Waals surface area contributed by atoms with Crippen LogP contribution < -0.4 is 10.9 Å². The van der Waals surface area contributed by atoms with Gasteiger partial charge in [-0.1, -0.05) is 111 Å². The van der Waals surface area contributed by atoms with E-state index in [1.807, 2.05) is 25.1 Å². The molecule has 1 unspecified atom stereocenters. The molecule has 13 heteroatoms. The minimum Gasteiger partial charge on any atom is -0.508 e. The number of carboxylic acid groups (broad SMARTS) is 1. The number of esters is 2. The Kier molecular flexibility index (Phi) is 17.5. The van der Waals surface area contributed by atoms with Crippen LogP contribution in [0.25, 0.3) is 22.3 Å². The molecule has 13 nitrogen and oxygen atoms in total. The predicted molar refractivity (Wildman–Crippen MR) is 228 cm³/mol. The lowest BCUT2D eigenvalue weighted by Gasteiger charge is -2.35. The standard InChI is InChI=1S/C45H62N4O9.CH4/c1-5-7-8-9-10-11-12-13-14-15-16-17-18-19-20-36(43(54)55)46-39(51)23-24-40(52)58-45(6-2)34-26-37-41-30(27-49(37)42(53)33(34)29-57-44(45)56)25-31-32(28-48(3)4)38(50)22-21-35(31)47-41;/h21-22,25-26,36,50H,5-20,23-24,27-29H2,1-4H3,(H,46,51)(H,54,55);1H4/t36?,45-;/m0./s1. The van der Waals surface area contributed by atoms with Gasteiger partial charge in [-0.05, 0) is 51.2 Å². The van der Waals surface area contributed by atoms with Crippen molar-refractivity contribution < 1.29 is 38.9 Å². The fourth-order valence-corrected chi connectivity index (χ4v) is 8.27. The van der Waals surface area contributed by atoms with E-state index in [2.05, 4.69) is 12.2 Å². The van der Waals surface area contributed by atoms with Gasteiger partial charge in [-0.25, -0.2) is 14.6 Å². The van der Waals surface area contributed by atoms with Gasteiger partial charge in [0.15, 0.2) is 0 Å². The van der Waals surface area contributed by atoms with Gasteiger partial charge in [0.25, 0.3) is 5.56 Å². The van der Waals surface area contributed by atoms with Crippen molar-refractivity contribution in [2.45, 2.75) is 168 Å². The molecule has 324 valence electrons. The molecule has 1 aromatic carbocycles. The number of rotatable bonds is 24. The SMILES string of the molecule is C.CCCCCCCCCCCCCCCCC(NC(=O)CCC(=O)O[C@]1(CC)C(=O)OCc2c1cc1n(c2=O)Cc2cc3c(CN(C)C)c(O)ccc3nc2-1)C(=O)O. The Bertz CT molecular complexity index is 2010. The molecule has 0 bridgehead atoms. The zero-order chi connectivity index (χ0) is 41.8. The number of unbranched alkanes of at least 4 members (excludes halogenated alkanes) is 13. The fraction of sp³-hybridized carbons (Fsp3) is 0.609. The number of ether oxygens (including phenoxy) is 2. The highest BCUT2D eigenvalue weighted by Crippen LogP contribution is 2.42. The van der Waals surface area contributed by atoms with E-state index in [0.29, 0.717) is 41.9 Å². The van der Waals surface area contributed by atoms with Gasteiger partial charge in [0, 0.05) is 35.0 Å². The second-order valence-electron chi connectivity index (χ2n) is 16.3. The van der Waals surface area contributed by atoms with Crippen molar-refractivity contribution in [3.05, 3.63) is 56.9 Å². The van der Waals surface area contributed by atoms with E-state index in [1.165, 1.54) is 64.2 Å². The summed E-state index contributed by atoms with van der Waals surface area (Å²) in [6, 6.07) is 5.83. The van der Waals surface area contributed by atoms with Gasteiger partial charge in [0.05, 0.1) is 35.4 Å². The largest absolute Gasteiger partial charge is 0.508 e. The molecule has 3 aromatic rings. The number of carbonyl (C=O) groups excluding carboxylic acids is 3. The van der Waals surface area contributed by atoms with E-state index >= 15 is 0 Å². The third kappa shape index (κ3) is 11.5. The molecular weight excluding hydrogens is 753 g/mol. The first kappa shape index (κ1) is 46.9. The molecule has 5 rings (SSSR count). The zero-order valence-corrected chi connectivity index (χ0v) is 34.8. The van der Waals surface area contributed by atoms with Crippen molar-refractivity contribution in [3.63, 3.8) is 0 Å². The highest BCUT2D eigenvalue weighted by Gasteiger charge is 2.50. The van der Waals surface area contributed by atoms with E-state index in [9.17, 15) is 34.2 Å². The number of carbonyl (C=O) groups is 4. The third-order valence-electron chi connectivity index (χ3n) is 11.5. The number of aromatic hydroxyl groups is 1. The van der Waals surface area contributed by atoms with Crippen LogP contribution in [0.5, 0.6) is 5.75 Å². The number of nitrogens with one attached hydrogen (secondary N) is 1. The summed E-state index contributed by atoms with van der Waals surface area (Å²) < 4.78 is 12.9. The van der Waals surface area contributed by atoms with Gasteiger partial charge in [-0.3, -0.25) is 14.4 Å². The molecule has 0 saturated heterocycles. The number of phenols is 1. The summed E-state index contributed by atoms with van der Waals surface area (Å²) >= 11 is 0.